The van der Waals surface area contributed by atoms with Crippen molar-refractivity contribution in [2.24, 2.45) is 5.92 Å². The van der Waals surface area contributed by atoms with Gasteiger partial charge in [-0.05, 0) is 25.8 Å². The first-order valence-electron chi connectivity index (χ1n) is 6.36. The van der Waals surface area contributed by atoms with Crippen LogP contribution in [0.25, 0.3) is 0 Å². The highest BCUT2D eigenvalue weighted by Gasteiger charge is 2.06. The van der Waals surface area contributed by atoms with E-state index in [1.807, 2.05) is 10.9 Å². The van der Waals surface area contributed by atoms with Gasteiger partial charge in [-0.3, -0.25) is 4.68 Å². The van der Waals surface area contributed by atoms with Gasteiger partial charge in [0, 0.05) is 32.0 Å². The van der Waals surface area contributed by atoms with Gasteiger partial charge in [-0.1, -0.05) is 13.8 Å². The average molecular weight is 239 g/mol. The van der Waals surface area contributed by atoms with E-state index >= 15 is 0 Å². The van der Waals surface area contributed by atoms with Crippen LogP contribution in [0.3, 0.4) is 0 Å². The van der Waals surface area contributed by atoms with E-state index in [4.69, 9.17) is 4.74 Å². The number of rotatable bonds is 8. The first kappa shape index (κ1) is 14.2. The van der Waals surface area contributed by atoms with Gasteiger partial charge in [0.2, 0.25) is 0 Å². The number of nitrogens with zero attached hydrogens (tertiary/aromatic N) is 2. The normalized spacial score (nSPS) is 13.2. The van der Waals surface area contributed by atoms with Gasteiger partial charge in [-0.25, -0.2) is 0 Å². The van der Waals surface area contributed by atoms with Gasteiger partial charge in [-0.2, -0.15) is 5.10 Å². The molecule has 1 heterocycles. The molecule has 0 saturated carbocycles. The minimum absolute atomic E-state index is 0.397. The molecule has 4 heteroatoms. The second-order valence-corrected chi connectivity index (χ2v) is 4.98. The summed E-state index contributed by atoms with van der Waals surface area (Å²) in [5.74, 6) is 0.686. The maximum absolute atomic E-state index is 5.08. The molecule has 0 aliphatic heterocycles. The molecule has 1 rings (SSSR count). The fourth-order valence-corrected chi connectivity index (χ4v) is 1.64. The molecule has 1 aromatic heterocycles. The molecule has 0 fully saturated rings. The summed E-state index contributed by atoms with van der Waals surface area (Å²) in [7, 11) is 1.73. The minimum atomic E-state index is 0.397. The van der Waals surface area contributed by atoms with Gasteiger partial charge < -0.3 is 10.1 Å². The highest BCUT2D eigenvalue weighted by molar-refractivity contribution is 5.03. The van der Waals surface area contributed by atoms with Crippen molar-refractivity contribution in [1.82, 2.24) is 15.1 Å². The van der Waals surface area contributed by atoms with E-state index in [2.05, 4.69) is 37.4 Å². The lowest BCUT2D eigenvalue weighted by Crippen LogP contribution is -2.18. The molecule has 1 atom stereocenters. The smallest absolute Gasteiger partial charge is 0.0534 e. The van der Waals surface area contributed by atoms with Crippen LogP contribution in [0.2, 0.25) is 0 Å². The van der Waals surface area contributed by atoms with E-state index < -0.39 is 0 Å². The number of hydrogen-bond donors (Lipinski definition) is 1. The Morgan fingerprint density at radius 1 is 1.41 bits per heavy atom. The number of hydrogen-bond acceptors (Lipinski definition) is 3. The Balaban J connectivity index is 2.36. The third-order valence-corrected chi connectivity index (χ3v) is 2.73. The fourth-order valence-electron chi connectivity index (χ4n) is 1.64. The van der Waals surface area contributed by atoms with Crippen LogP contribution in [0.15, 0.2) is 12.4 Å². The Kier molecular flexibility index (Phi) is 6.22. The molecule has 4 nitrogen and oxygen atoms in total. The van der Waals surface area contributed by atoms with Crippen molar-refractivity contribution in [2.45, 2.75) is 39.8 Å². The molecule has 0 saturated heterocycles. The summed E-state index contributed by atoms with van der Waals surface area (Å²) >= 11 is 0. The third-order valence-electron chi connectivity index (χ3n) is 2.73. The van der Waals surface area contributed by atoms with Gasteiger partial charge in [0.05, 0.1) is 12.2 Å². The number of ether oxygens (including phenoxy) is 1. The number of aromatic nitrogens is 2. The van der Waals surface area contributed by atoms with Crippen LogP contribution in [0.4, 0.5) is 0 Å². The number of nitrogens with one attached hydrogen (secondary N) is 1. The molecule has 0 aliphatic rings. The summed E-state index contributed by atoms with van der Waals surface area (Å²) in [6.07, 6.45) is 5.06. The largest absolute Gasteiger partial charge is 0.385 e. The van der Waals surface area contributed by atoms with Crippen molar-refractivity contribution in [2.75, 3.05) is 20.3 Å². The molecule has 17 heavy (non-hydrogen) atoms. The van der Waals surface area contributed by atoms with E-state index in [9.17, 15) is 0 Å². The van der Waals surface area contributed by atoms with E-state index in [0.29, 0.717) is 12.0 Å². The summed E-state index contributed by atoms with van der Waals surface area (Å²) in [5, 5.41) is 7.81. The molecule has 1 aromatic rings. The molecule has 0 bridgehead atoms. The van der Waals surface area contributed by atoms with Crippen molar-refractivity contribution in [1.29, 1.82) is 0 Å². The zero-order valence-electron chi connectivity index (χ0n) is 11.4. The zero-order chi connectivity index (χ0) is 12.7. The highest BCUT2D eigenvalue weighted by atomic mass is 16.5. The Morgan fingerprint density at radius 3 is 2.82 bits per heavy atom. The van der Waals surface area contributed by atoms with Gasteiger partial charge in [0.1, 0.15) is 0 Å². The topological polar surface area (TPSA) is 39.1 Å². The van der Waals surface area contributed by atoms with Crippen LogP contribution in [0.1, 0.15) is 38.8 Å². The van der Waals surface area contributed by atoms with E-state index in [-0.39, 0.29) is 0 Å². The predicted octanol–water partition coefficient (Wildman–Crippen LogP) is 2.23. The lowest BCUT2D eigenvalue weighted by Gasteiger charge is -2.11. The van der Waals surface area contributed by atoms with E-state index in [0.717, 1.165) is 26.1 Å². The molecule has 1 N–H and O–H groups in total. The lowest BCUT2D eigenvalue weighted by molar-refractivity contribution is 0.178. The van der Waals surface area contributed by atoms with E-state index in [1.54, 1.807) is 7.11 Å². The van der Waals surface area contributed by atoms with Gasteiger partial charge in [0.15, 0.2) is 0 Å². The van der Waals surface area contributed by atoms with Crippen molar-refractivity contribution < 1.29 is 4.74 Å². The molecule has 0 aromatic carbocycles. The molecule has 0 spiro atoms. The predicted molar refractivity (Wildman–Crippen MR) is 70.0 cm³/mol. The molecule has 98 valence electrons. The molecule has 0 radical (unpaired) electrons. The molecular formula is C13H25N3O. The summed E-state index contributed by atoms with van der Waals surface area (Å²) in [6, 6.07) is 0.397. The Hall–Kier alpha value is -0.870. The maximum Gasteiger partial charge on any atom is 0.0534 e. The monoisotopic (exact) mass is 239 g/mol. The zero-order valence-corrected chi connectivity index (χ0v) is 11.4. The van der Waals surface area contributed by atoms with E-state index in [1.165, 1.54) is 5.56 Å². The van der Waals surface area contributed by atoms with Crippen LogP contribution in [-0.2, 0) is 11.3 Å². The third kappa shape index (κ3) is 5.33. The Bertz CT molecular complexity index is 309. The molecular weight excluding hydrogens is 214 g/mol. The summed E-state index contributed by atoms with van der Waals surface area (Å²) in [4.78, 5) is 0. The summed E-state index contributed by atoms with van der Waals surface area (Å²) < 4.78 is 7.10. The lowest BCUT2D eigenvalue weighted by atomic mass is 10.2. The van der Waals surface area contributed by atoms with Crippen molar-refractivity contribution in [3.63, 3.8) is 0 Å². The SMILES string of the molecule is COCCC(C)n1cc(CNCC(C)C)cn1. The molecule has 0 amide bonds. The fraction of sp³-hybridized carbons (Fsp3) is 0.769. The van der Waals surface area contributed by atoms with Gasteiger partial charge >= 0.3 is 0 Å². The van der Waals surface area contributed by atoms with Crippen molar-refractivity contribution in [3.8, 4) is 0 Å². The molecule has 0 aliphatic carbocycles. The average Bonchev–Trinajstić information content (AvgIpc) is 2.74. The first-order valence-corrected chi connectivity index (χ1v) is 6.36. The van der Waals surface area contributed by atoms with Gasteiger partial charge in [0.25, 0.3) is 0 Å². The van der Waals surface area contributed by atoms with Crippen LogP contribution >= 0.6 is 0 Å². The minimum Gasteiger partial charge on any atom is -0.385 e. The van der Waals surface area contributed by atoms with Crippen LogP contribution in [-0.4, -0.2) is 30.0 Å². The first-order chi connectivity index (χ1) is 8.13. The van der Waals surface area contributed by atoms with Crippen molar-refractivity contribution in [3.05, 3.63) is 18.0 Å². The second kappa shape index (κ2) is 7.45. The van der Waals surface area contributed by atoms with Crippen LogP contribution < -0.4 is 5.32 Å². The van der Waals surface area contributed by atoms with Gasteiger partial charge in [-0.15, -0.1) is 0 Å². The Labute approximate surface area is 104 Å². The highest BCUT2D eigenvalue weighted by Crippen LogP contribution is 2.10. The van der Waals surface area contributed by atoms with Crippen LogP contribution in [0.5, 0.6) is 0 Å². The maximum atomic E-state index is 5.08. The molecule has 1 unspecified atom stereocenters. The quantitative estimate of drug-likeness (QED) is 0.756. The Morgan fingerprint density at radius 2 is 2.18 bits per heavy atom. The second-order valence-electron chi connectivity index (χ2n) is 4.98. The summed E-state index contributed by atoms with van der Waals surface area (Å²) in [6.45, 7) is 9.31. The number of methoxy groups -OCH3 is 1. The summed E-state index contributed by atoms with van der Waals surface area (Å²) in [5.41, 5.74) is 1.25. The standard InChI is InChI=1S/C13H25N3O/c1-11(2)7-14-8-13-9-15-16(10-13)12(3)5-6-17-4/h9-12,14H,5-8H2,1-4H3. The van der Waals surface area contributed by atoms with Crippen molar-refractivity contribution >= 4 is 0 Å². The van der Waals surface area contributed by atoms with Crippen LogP contribution in [0, 0.1) is 5.92 Å².